The third-order valence-corrected chi connectivity index (χ3v) is 5.41. The van der Waals surface area contributed by atoms with Gasteiger partial charge in [-0.2, -0.15) is 18.2 Å². The molecule has 6 nitrogen and oxygen atoms in total. The molecular formula is C15H18F3N3O3S. The zero-order chi connectivity index (χ0) is 18.9. The van der Waals surface area contributed by atoms with E-state index in [0.717, 1.165) is 0 Å². The molecule has 2 unspecified atom stereocenters. The van der Waals surface area contributed by atoms with Gasteiger partial charge in [-0.25, -0.2) is 0 Å². The number of hydrogen-bond donors (Lipinski definition) is 0. The van der Waals surface area contributed by atoms with Gasteiger partial charge in [0.1, 0.15) is 11.9 Å². The normalized spacial score (nSPS) is 20.7. The summed E-state index contributed by atoms with van der Waals surface area (Å²) in [6.45, 7) is 1.85. The average molecular weight is 377 g/mol. The lowest BCUT2D eigenvalue weighted by Gasteiger charge is -2.28. The summed E-state index contributed by atoms with van der Waals surface area (Å²) < 4.78 is 49.6. The average Bonchev–Trinajstić information content (AvgIpc) is 2.80. The summed E-state index contributed by atoms with van der Waals surface area (Å²) in [5, 5.41) is 3.16. The van der Waals surface area contributed by atoms with Gasteiger partial charge in [0.2, 0.25) is 5.78 Å². The van der Waals surface area contributed by atoms with Crippen LogP contribution < -0.4 is 5.01 Å². The first-order valence-corrected chi connectivity index (χ1v) is 8.62. The first-order valence-electron chi connectivity index (χ1n) is 7.30. The van der Waals surface area contributed by atoms with E-state index < -0.39 is 34.7 Å². The van der Waals surface area contributed by atoms with Gasteiger partial charge in [-0.15, -0.1) is 0 Å². The largest absolute Gasteiger partial charge is 0.400 e. The number of aryl methyl sites for hydroxylation is 1. The van der Waals surface area contributed by atoms with Crippen LogP contribution in [0.25, 0.3) is 0 Å². The second-order valence-electron chi connectivity index (χ2n) is 5.82. The Labute approximate surface area is 145 Å². The third-order valence-electron chi connectivity index (χ3n) is 3.89. The predicted molar refractivity (Wildman–Crippen MR) is 86.2 cm³/mol. The summed E-state index contributed by atoms with van der Waals surface area (Å²) >= 11 is 0. The number of aldehydes is 1. The van der Waals surface area contributed by atoms with Crippen molar-refractivity contribution in [3.63, 3.8) is 0 Å². The molecule has 2 rings (SSSR count). The Morgan fingerprint density at radius 3 is 2.56 bits per heavy atom. The number of anilines is 1. The standard InChI is InChI=1S/C15H18F3N3O3S/c1-10-4-5-11(6-13(10)25(24)8-15(16,17)18)21-9-19(2)14(20(21)3)12(23)7-22/h4-7,14H,8-9H2,1-3H3. The monoisotopic (exact) mass is 377 g/mol. The first-order chi connectivity index (χ1) is 11.5. The van der Waals surface area contributed by atoms with Gasteiger partial charge in [0.15, 0.2) is 6.29 Å². The minimum Gasteiger partial charge on any atom is -0.294 e. The number of carbonyl (C=O) groups is 2. The van der Waals surface area contributed by atoms with Crippen molar-refractivity contribution in [1.82, 2.24) is 9.91 Å². The maximum Gasteiger partial charge on any atom is 0.400 e. The summed E-state index contributed by atoms with van der Waals surface area (Å²) in [5.74, 6) is -2.04. The van der Waals surface area contributed by atoms with Crippen molar-refractivity contribution in [1.29, 1.82) is 0 Å². The van der Waals surface area contributed by atoms with Gasteiger partial charge in [-0.1, -0.05) is 6.07 Å². The second-order valence-corrected chi connectivity index (χ2v) is 7.24. The van der Waals surface area contributed by atoms with Crippen LogP contribution in [0, 0.1) is 6.92 Å². The lowest BCUT2D eigenvalue weighted by molar-refractivity contribution is -0.135. The highest BCUT2D eigenvalue weighted by molar-refractivity contribution is 7.85. The number of nitrogens with zero attached hydrogens (tertiary/aromatic N) is 3. The van der Waals surface area contributed by atoms with Crippen LogP contribution in [0.5, 0.6) is 0 Å². The number of rotatable bonds is 5. The molecule has 0 amide bonds. The van der Waals surface area contributed by atoms with Crippen LogP contribution in [0.2, 0.25) is 0 Å². The maximum atomic E-state index is 12.5. The van der Waals surface area contributed by atoms with Crippen molar-refractivity contribution in [2.75, 3.05) is 31.5 Å². The maximum absolute atomic E-state index is 12.5. The summed E-state index contributed by atoms with van der Waals surface area (Å²) in [7, 11) is 1.03. The Morgan fingerprint density at radius 1 is 1.36 bits per heavy atom. The fourth-order valence-electron chi connectivity index (χ4n) is 2.75. The fraction of sp³-hybridized carbons (Fsp3) is 0.467. The molecule has 1 aliphatic rings. The molecule has 2 atom stereocenters. The zero-order valence-electron chi connectivity index (χ0n) is 13.9. The third kappa shape index (κ3) is 4.25. The lowest BCUT2D eigenvalue weighted by Crippen LogP contribution is -2.45. The van der Waals surface area contributed by atoms with Crippen molar-refractivity contribution in [3.8, 4) is 0 Å². The minimum absolute atomic E-state index is 0.0936. The second kappa shape index (κ2) is 7.22. The van der Waals surface area contributed by atoms with E-state index in [0.29, 0.717) is 11.3 Å². The Hall–Kier alpha value is -1.78. The molecule has 0 saturated carbocycles. The number of carbonyl (C=O) groups excluding carboxylic acids is 2. The van der Waals surface area contributed by atoms with Crippen molar-refractivity contribution < 1.29 is 27.0 Å². The molecule has 138 valence electrons. The van der Waals surface area contributed by atoms with Crippen molar-refractivity contribution in [3.05, 3.63) is 23.8 Å². The molecule has 1 heterocycles. The molecule has 0 aromatic heterocycles. The number of halogens is 3. The Kier molecular flexibility index (Phi) is 5.65. The first kappa shape index (κ1) is 19.5. The zero-order valence-corrected chi connectivity index (χ0v) is 14.7. The van der Waals surface area contributed by atoms with Crippen LogP contribution >= 0.6 is 0 Å². The molecule has 0 N–H and O–H groups in total. The molecule has 0 bridgehead atoms. The fourth-order valence-corrected chi connectivity index (χ4v) is 3.88. The number of alkyl halides is 3. The van der Waals surface area contributed by atoms with E-state index in [9.17, 15) is 27.0 Å². The molecule has 1 aromatic rings. The number of benzene rings is 1. The molecular weight excluding hydrogens is 359 g/mol. The van der Waals surface area contributed by atoms with E-state index in [1.807, 2.05) is 0 Å². The van der Waals surface area contributed by atoms with Crippen molar-refractivity contribution in [2.24, 2.45) is 0 Å². The molecule has 1 saturated heterocycles. The van der Waals surface area contributed by atoms with E-state index in [4.69, 9.17) is 0 Å². The van der Waals surface area contributed by atoms with Crippen molar-refractivity contribution >= 4 is 28.6 Å². The van der Waals surface area contributed by atoms with E-state index >= 15 is 0 Å². The molecule has 1 aliphatic heterocycles. The smallest absolute Gasteiger partial charge is 0.294 e. The number of ketones is 1. The highest BCUT2D eigenvalue weighted by Crippen LogP contribution is 2.29. The number of likely N-dealkylation sites (N-methyl/N-ethyl adjacent to an activating group) is 2. The molecule has 0 radical (unpaired) electrons. The number of hydrazine groups is 1. The predicted octanol–water partition coefficient (Wildman–Crippen LogP) is 1.32. The lowest BCUT2D eigenvalue weighted by atomic mass is 10.2. The molecule has 1 aromatic carbocycles. The van der Waals surface area contributed by atoms with Gasteiger partial charge in [0.05, 0.1) is 23.2 Å². The van der Waals surface area contributed by atoms with Gasteiger partial charge in [-0.05, 0) is 31.7 Å². The Morgan fingerprint density at radius 2 is 2.00 bits per heavy atom. The molecule has 25 heavy (non-hydrogen) atoms. The van der Waals surface area contributed by atoms with E-state index in [2.05, 4.69) is 0 Å². The van der Waals surface area contributed by atoms with Crippen LogP contribution in [-0.2, 0) is 20.4 Å². The van der Waals surface area contributed by atoms with E-state index in [-0.39, 0.29) is 17.9 Å². The highest BCUT2D eigenvalue weighted by atomic mass is 32.2. The highest BCUT2D eigenvalue weighted by Gasteiger charge is 2.38. The topological polar surface area (TPSA) is 60.9 Å². The molecule has 1 fully saturated rings. The number of Topliss-reactive ketones (excluding diaryl/α,β-unsaturated/α-hetero) is 1. The van der Waals surface area contributed by atoms with Gasteiger partial charge in [-0.3, -0.25) is 23.7 Å². The molecule has 10 heteroatoms. The van der Waals surface area contributed by atoms with Crippen LogP contribution in [-0.4, -0.2) is 65.0 Å². The van der Waals surface area contributed by atoms with Crippen LogP contribution in [0.15, 0.2) is 23.1 Å². The van der Waals surface area contributed by atoms with Gasteiger partial charge in [0, 0.05) is 11.9 Å². The molecule has 0 spiro atoms. The van der Waals surface area contributed by atoms with Gasteiger partial charge in [0.25, 0.3) is 0 Å². The van der Waals surface area contributed by atoms with E-state index in [1.54, 1.807) is 43.1 Å². The van der Waals surface area contributed by atoms with Gasteiger partial charge >= 0.3 is 6.18 Å². The number of hydrogen-bond acceptors (Lipinski definition) is 6. The summed E-state index contributed by atoms with van der Waals surface area (Å²) in [4.78, 5) is 24.2. The Balaban J connectivity index is 2.32. The summed E-state index contributed by atoms with van der Waals surface area (Å²) in [6.07, 6.45) is -5.08. The van der Waals surface area contributed by atoms with Crippen molar-refractivity contribution in [2.45, 2.75) is 24.2 Å². The summed E-state index contributed by atoms with van der Waals surface area (Å²) in [6, 6.07) is 4.68. The van der Waals surface area contributed by atoms with Gasteiger partial charge < -0.3 is 0 Å². The Bertz CT molecular complexity index is 711. The quantitative estimate of drug-likeness (QED) is 0.570. The van der Waals surface area contributed by atoms with Crippen LogP contribution in [0.4, 0.5) is 18.9 Å². The van der Waals surface area contributed by atoms with Crippen LogP contribution in [0.3, 0.4) is 0 Å². The van der Waals surface area contributed by atoms with Crippen LogP contribution in [0.1, 0.15) is 5.56 Å². The SMILES string of the molecule is Cc1ccc(N2CN(C)C(C(=O)C=O)N2C)cc1S(=O)CC(F)(F)F. The minimum atomic E-state index is -4.53. The summed E-state index contributed by atoms with van der Waals surface area (Å²) in [5.41, 5.74) is 0.980. The molecule has 0 aliphatic carbocycles. The van der Waals surface area contributed by atoms with E-state index in [1.165, 1.54) is 11.1 Å².